The van der Waals surface area contributed by atoms with Crippen LogP contribution in [-0.4, -0.2) is 23.0 Å². The summed E-state index contributed by atoms with van der Waals surface area (Å²) in [5, 5.41) is 5.09. The third-order valence-electron chi connectivity index (χ3n) is 5.22. The van der Waals surface area contributed by atoms with Gasteiger partial charge < -0.3 is 10.1 Å². The van der Waals surface area contributed by atoms with Crippen molar-refractivity contribution in [2.75, 3.05) is 0 Å². The van der Waals surface area contributed by atoms with Gasteiger partial charge in [-0.05, 0) is 56.2 Å². The molecule has 0 aliphatic rings. The molecule has 0 bridgehead atoms. The van der Waals surface area contributed by atoms with Crippen LogP contribution < -0.4 is 5.32 Å². The number of hydrogen-bond donors (Lipinski definition) is 1. The molecule has 1 N–H and O–H groups in total. The van der Waals surface area contributed by atoms with Gasteiger partial charge in [0, 0.05) is 11.5 Å². The molecule has 0 radical (unpaired) electrons. The Morgan fingerprint density at radius 3 is 2.13 bits per heavy atom. The molecule has 0 fully saturated rings. The molecule has 0 saturated heterocycles. The van der Waals surface area contributed by atoms with Gasteiger partial charge in [-0.3, -0.25) is 4.79 Å². The largest absolute Gasteiger partial charge is 0.458 e. The minimum Gasteiger partial charge on any atom is -0.458 e. The number of amides is 1. The van der Waals surface area contributed by atoms with Crippen LogP contribution in [0.25, 0.3) is 10.8 Å². The highest BCUT2D eigenvalue weighted by Gasteiger charge is 2.45. The first kappa shape index (κ1) is 22.3. The Hall–Kier alpha value is -3.40. The standard InChI is InChI=1S/C27H29NO3/c1-6-23(22-17-16-19-12-10-11-15-21(19)18-22)27(5,25(30)31-26(2,3)4)28-24(29)20-13-8-7-9-14-20/h6-18,23H,1H2,2-5H3,(H,28,29)/t23-,27-/m0/s1. The first-order valence-electron chi connectivity index (χ1n) is 10.4. The molecule has 0 saturated carbocycles. The van der Waals surface area contributed by atoms with Crippen LogP contribution in [0.3, 0.4) is 0 Å². The fourth-order valence-corrected chi connectivity index (χ4v) is 3.64. The summed E-state index contributed by atoms with van der Waals surface area (Å²) in [5.41, 5.74) is -0.718. The zero-order chi connectivity index (χ0) is 22.6. The van der Waals surface area contributed by atoms with E-state index in [0.717, 1.165) is 16.3 Å². The maximum Gasteiger partial charge on any atom is 0.333 e. The molecule has 31 heavy (non-hydrogen) atoms. The molecule has 160 valence electrons. The number of benzene rings is 3. The molecule has 1 amide bonds. The van der Waals surface area contributed by atoms with E-state index in [4.69, 9.17) is 4.74 Å². The van der Waals surface area contributed by atoms with Crippen LogP contribution in [0.5, 0.6) is 0 Å². The maximum absolute atomic E-state index is 13.4. The van der Waals surface area contributed by atoms with Crippen molar-refractivity contribution in [1.82, 2.24) is 5.32 Å². The second-order valence-electron chi connectivity index (χ2n) is 8.84. The van der Waals surface area contributed by atoms with E-state index < -0.39 is 23.0 Å². The van der Waals surface area contributed by atoms with Crippen molar-refractivity contribution in [2.45, 2.75) is 44.8 Å². The molecule has 0 heterocycles. The lowest BCUT2D eigenvalue weighted by Crippen LogP contribution is -2.57. The quantitative estimate of drug-likeness (QED) is 0.419. The van der Waals surface area contributed by atoms with Crippen LogP contribution in [0, 0.1) is 0 Å². The van der Waals surface area contributed by atoms with Crippen LogP contribution in [-0.2, 0) is 9.53 Å². The van der Waals surface area contributed by atoms with Gasteiger partial charge in [-0.1, -0.05) is 66.7 Å². The van der Waals surface area contributed by atoms with E-state index in [1.54, 1.807) is 37.3 Å². The van der Waals surface area contributed by atoms with Crippen molar-refractivity contribution >= 4 is 22.6 Å². The van der Waals surface area contributed by atoms with Crippen molar-refractivity contribution in [3.8, 4) is 0 Å². The van der Waals surface area contributed by atoms with Crippen molar-refractivity contribution in [2.24, 2.45) is 0 Å². The Kier molecular flexibility index (Phi) is 6.30. The summed E-state index contributed by atoms with van der Waals surface area (Å²) in [7, 11) is 0. The van der Waals surface area contributed by atoms with Gasteiger partial charge in [-0.25, -0.2) is 4.79 Å². The maximum atomic E-state index is 13.4. The fraction of sp³-hybridized carbons (Fsp3) is 0.259. The third-order valence-corrected chi connectivity index (χ3v) is 5.22. The predicted molar refractivity (Wildman–Crippen MR) is 125 cm³/mol. The lowest BCUT2D eigenvalue weighted by atomic mass is 9.79. The monoisotopic (exact) mass is 415 g/mol. The minimum absolute atomic E-state index is 0.346. The second-order valence-corrected chi connectivity index (χ2v) is 8.84. The molecule has 3 aromatic rings. The molecule has 0 aliphatic carbocycles. The lowest BCUT2D eigenvalue weighted by molar-refractivity contribution is -0.162. The van der Waals surface area contributed by atoms with Crippen LogP contribution in [0.1, 0.15) is 49.5 Å². The van der Waals surface area contributed by atoms with E-state index in [1.165, 1.54) is 0 Å². The van der Waals surface area contributed by atoms with Crippen LogP contribution in [0.4, 0.5) is 0 Å². The summed E-state index contributed by atoms with van der Waals surface area (Å²) < 4.78 is 5.73. The normalized spacial score (nSPS) is 14.3. The van der Waals surface area contributed by atoms with Gasteiger partial charge in [-0.15, -0.1) is 6.58 Å². The smallest absolute Gasteiger partial charge is 0.333 e. The molecule has 0 aliphatic heterocycles. The number of fused-ring (bicyclic) bond motifs is 1. The van der Waals surface area contributed by atoms with Crippen LogP contribution in [0.2, 0.25) is 0 Å². The van der Waals surface area contributed by atoms with Crippen molar-refractivity contribution < 1.29 is 14.3 Å². The zero-order valence-electron chi connectivity index (χ0n) is 18.5. The predicted octanol–water partition coefficient (Wildman–Crippen LogP) is 5.64. The molecule has 0 unspecified atom stereocenters. The van der Waals surface area contributed by atoms with E-state index in [0.29, 0.717) is 5.56 Å². The first-order chi connectivity index (χ1) is 14.6. The number of carbonyl (C=O) groups is 2. The summed E-state index contributed by atoms with van der Waals surface area (Å²) in [4.78, 5) is 26.4. The summed E-state index contributed by atoms with van der Waals surface area (Å²) in [6.45, 7) is 11.1. The van der Waals surface area contributed by atoms with Crippen molar-refractivity contribution in [3.63, 3.8) is 0 Å². The molecular formula is C27H29NO3. The first-order valence-corrected chi connectivity index (χ1v) is 10.4. The molecule has 3 aromatic carbocycles. The van der Waals surface area contributed by atoms with Gasteiger partial charge >= 0.3 is 5.97 Å². The Morgan fingerprint density at radius 2 is 1.52 bits per heavy atom. The van der Waals surface area contributed by atoms with E-state index in [2.05, 4.69) is 11.9 Å². The van der Waals surface area contributed by atoms with E-state index in [1.807, 2.05) is 69.3 Å². The van der Waals surface area contributed by atoms with Gasteiger partial charge in [-0.2, -0.15) is 0 Å². The Bertz CT molecular complexity index is 1100. The number of ether oxygens (including phenoxy) is 1. The van der Waals surface area contributed by atoms with E-state index >= 15 is 0 Å². The average molecular weight is 416 g/mol. The highest BCUT2D eigenvalue weighted by atomic mass is 16.6. The van der Waals surface area contributed by atoms with E-state index in [9.17, 15) is 9.59 Å². The van der Waals surface area contributed by atoms with Gasteiger partial charge in [0.05, 0.1) is 0 Å². The number of hydrogen-bond acceptors (Lipinski definition) is 3. The number of esters is 1. The van der Waals surface area contributed by atoms with E-state index in [-0.39, 0.29) is 5.91 Å². The summed E-state index contributed by atoms with van der Waals surface area (Å²) in [6, 6.07) is 22.8. The molecular weight excluding hydrogens is 386 g/mol. The Labute approximate surface area is 183 Å². The Morgan fingerprint density at radius 1 is 0.903 bits per heavy atom. The molecule has 2 atom stereocenters. The highest BCUT2D eigenvalue weighted by Crippen LogP contribution is 2.34. The molecule has 3 rings (SSSR count). The minimum atomic E-state index is -1.36. The summed E-state index contributed by atoms with van der Waals surface area (Å²) >= 11 is 0. The van der Waals surface area contributed by atoms with Crippen LogP contribution in [0.15, 0.2) is 85.5 Å². The SMILES string of the molecule is C=C[C@@H](c1ccc2ccccc2c1)[C@](C)(NC(=O)c1ccccc1)C(=O)OC(C)(C)C. The van der Waals surface area contributed by atoms with Crippen LogP contribution >= 0.6 is 0 Å². The fourth-order valence-electron chi connectivity index (χ4n) is 3.64. The number of nitrogens with one attached hydrogen (secondary N) is 1. The van der Waals surface area contributed by atoms with Gasteiger partial charge in [0.1, 0.15) is 11.1 Å². The molecule has 4 nitrogen and oxygen atoms in total. The van der Waals surface area contributed by atoms with Gasteiger partial charge in [0.2, 0.25) is 0 Å². The summed E-state index contributed by atoms with van der Waals surface area (Å²) in [5.74, 6) is -1.36. The van der Waals surface area contributed by atoms with Crippen molar-refractivity contribution in [3.05, 3.63) is 96.6 Å². The molecule has 4 heteroatoms. The molecule has 0 aromatic heterocycles. The lowest BCUT2D eigenvalue weighted by Gasteiger charge is -2.37. The highest BCUT2D eigenvalue weighted by molar-refractivity contribution is 5.98. The zero-order valence-corrected chi connectivity index (χ0v) is 18.5. The molecule has 0 spiro atoms. The van der Waals surface area contributed by atoms with Gasteiger partial charge in [0.15, 0.2) is 0 Å². The average Bonchev–Trinajstić information content (AvgIpc) is 2.73. The second kappa shape index (κ2) is 8.76. The number of carbonyl (C=O) groups excluding carboxylic acids is 2. The third kappa shape index (κ3) is 5.02. The topological polar surface area (TPSA) is 55.4 Å². The van der Waals surface area contributed by atoms with Crippen molar-refractivity contribution in [1.29, 1.82) is 0 Å². The van der Waals surface area contributed by atoms with Gasteiger partial charge in [0.25, 0.3) is 5.91 Å². The Balaban J connectivity index is 2.06. The summed E-state index contributed by atoms with van der Waals surface area (Å²) in [6.07, 6.45) is 1.69. The number of rotatable bonds is 6.